The lowest BCUT2D eigenvalue weighted by atomic mass is 9.92. The maximum absolute atomic E-state index is 11.5. The first-order valence-electron chi connectivity index (χ1n) is 6.19. The average molecular weight is 263 g/mol. The molecule has 4 nitrogen and oxygen atoms in total. The van der Waals surface area contributed by atoms with Crippen LogP contribution in [-0.4, -0.2) is 24.4 Å². The minimum atomic E-state index is -0.558. The molecule has 1 aromatic rings. The third-order valence-corrected chi connectivity index (χ3v) is 2.82. The van der Waals surface area contributed by atoms with E-state index in [0.29, 0.717) is 0 Å². The van der Waals surface area contributed by atoms with Crippen molar-refractivity contribution in [1.29, 1.82) is 0 Å². The maximum Gasteiger partial charge on any atom is 0.407 e. The third kappa shape index (κ3) is 4.41. The molecular weight excluding hydrogens is 242 g/mol. The van der Waals surface area contributed by atoms with Crippen LogP contribution in [0.5, 0.6) is 0 Å². The molecule has 1 aromatic carbocycles. The Morgan fingerprint density at radius 2 is 2.16 bits per heavy atom. The number of benzene rings is 1. The van der Waals surface area contributed by atoms with Crippen molar-refractivity contribution < 1.29 is 14.6 Å². The SMILES string of the molecule is C=C(C)c1cccc(C(C)(C)NC(=O)OCCO)c1. The molecule has 1 amide bonds. The van der Waals surface area contributed by atoms with E-state index >= 15 is 0 Å². The Balaban J connectivity index is 2.84. The second-order valence-corrected chi connectivity index (χ2v) is 4.97. The Morgan fingerprint density at radius 1 is 1.47 bits per heavy atom. The summed E-state index contributed by atoms with van der Waals surface area (Å²) in [4.78, 5) is 11.5. The van der Waals surface area contributed by atoms with Gasteiger partial charge in [0.25, 0.3) is 0 Å². The van der Waals surface area contributed by atoms with E-state index in [1.54, 1.807) is 0 Å². The number of alkyl carbamates (subject to hydrolysis) is 1. The second-order valence-electron chi connectivity index (χ2n) is 4.97. The molecule has 0 unspecified atom stereocenters. The summed E-state index contributed by atoms with van der Waals surface area (Å²) >= 11 is 0. The highest BCUT2D eigenvalue weighted by atomic mass is 16.6. The van der Waals surface area contributed by atoms with E-state index in [1.165, 1.54) is 0 Å². The van der Waals surface area contributed by atoms with Crippen LogP contribution in [0.1, 0.15) is 31.9 Å². The molecule has 0 aromatic heterocycles. The number of hydrogen-bond acceptors (Lipinski definition) is 3. The van der Waals surface area contributed by atoms with Crippen LogP contribution in [0, 0.1) is 0 Å². The fourth-order valence-electron chi connectivity index (χ4n) is 1.68. The molecule has 1 rings (SSSR count). The van der Waals surface area contributed by atoms with Gasteiger partial charge in [0.05, 0.1) is 12.1 Å². The molecule has 0 aliphatic heterocycles. The van der Waals surface area contributed by atoms with Crippen molar-refractivity contribution in [2.45, 2.75) is 26.3 Å². The highest BCUT2D eigenvalue weighted by molar-refractivity contribution is 5.69. The van der Waals surface area contributed by atoms with Gasteiger partial charge < -0.3 is 15.2 Å². The largest absolute Gasteiger partial charge is 0.447 e. The van der Waals surface area contributed by atoms with Crippen LogP contribution in [0.25, 0.3) is 5.57 Å². The van der Waals surface area contributed by atoms with Crippen LogP contribution in [0.2, 0.25) is 0 Å². The van der Waals surface area contributed by atoms with Gasteiger partial charge in [0.1, 0.15) is 6.61 Å². The van der Waals surface area contributed by atoms with Gasteiger partial charge in [0.15, 0.2) is 0 Å². The minimum Gasteiger partial charge on any atom is -0.447 e. The van der Waals surface area contributed by atoms with Gasteiger partial charge in [-0.1, -0.05) is 30.4 Å². The summed E-state index contributed by atoms with van der Waals surface area (Å²) in [6.07, 6.45) is -0.542. The first-order chi connectivity index (χ1) is 8.86. The zero-order chi connectivity index (χ0) is 14.5. The molecule has 0 fully saturated rings. The fourth-order valence-corrected chi connectivity index (χ4v) is 1.68. The monoisotopic (exact) mass is 263 g/mol. The summed E-state index contributed by atoms with van der Waals surface area (Å²) in [7, 11) is 0. The molecule has 0 bridgehead atoms. The van der Waals surface area contributed by atoms with Crippen LogP contribution >= 0.6 is 0 Å². The van der Waals surface area contributed by atoms with Crippen molar-refractivity contribution in [3.63, 3.8) is 0 Å². The number of allylic oxidation sites excluding steroid dienone is 1. The Labute approximate surface area is 114 Å². The van der Waals surface area contributed by atoms with Crippen LogP contribution in [0.15, 0.2) is 30.8 Å². The van der Waals surface area contributed by atoms with Gasteiger partial charge in [-0.3, -0.25) is 0 Å². The van der Waals surface area contributed by atoms with E-state index in [2.05, 4.69) is 11.9 Å². The highest BCUT2D eigenvalue weighted by Gasteiger charge is 2.23. The number of carbonyl (C=O) groups is 1. The lowest BCUT2D eigenvalue weighted by Crippen LogP contribution is -2.41. The average Bonchev–Trinajstić information content (AvgIpc) is 2.36. The van der Waals surface area contributed by atoms with Crippen LogP contribution in [0.3, 0.4) is 0 Å². The third-order valence-electron chi connectivity index (χ3n) is 2.82. The molecule has 0 atom stereocenters. The molecule has 2 N–H and O–H groups in total. The summed E-state index contributed by atoms with van der Waals surface area (Å²) in [6.45, 7) is 9.45. The predicted octanol–water partition coefficient (Wildman–Crippen LogP) is 2.67. The number of carbonyl (C=O) groups excluding carboxylic acids is 1. The number of amides is 1. The van der Waals surface area contributed by atoms with Crippen molar-refractivity contribution in [3.8, 4) is 0 Å². The quantitative estimate of drug-likeness (QED) is 0.858. The lowest BCUT2D eigenvalue weighted by Gasteiger charge is -2.27. The van der Waals surface area contributed by atoms with Crippen molar-refractivity contribution >= 4 is 11.7 Å². The van der Waals surface area contributed by atoms with Gasteiger partial charge in [-0.25, -0.2) is 4.79 Å². The first-order valence-corrected chi connectivity index (χ1v) is 6.19. The number of aliphatic hydroxyl groups is 1. The van der Waals surface area contributed by atoms with E-state index in [-0.39, 0.29) is 13.2 Å². The Kier molecular flexibility index (Phi) is 5.12. The maximum atomic E-state index is 11.5. The lowest BCUT2D eigenvalue weighted by molar-refractivity contribution is 0.111. The molecule has 104 valence electrons. The molecule has 19 heavy (non-hydrogen) atoms. The topological polar surface area (TPSA) is 58.6 Å². The zero-order valence-corrected chi connectivity index (χ0v) is 11.7. The summed E-state index contributed by atoms with van der Waals surface area (Å²) in [6, 6.07) is 7.85. The van der Waals surface area contributed by atoms with Gasteiger partial charge >= 0.3 is 6.09 Å². The molecule has 0 radical (unpaired) electrons. The van der Waals surface area contributed by atoms with E-state index in [4.69, 9.17) is 9.84 Å². The van der Waals surface area contributed by atoms with Gasteiger partial charge in [-0.15, -0.1) is 0 Å². The Bertz CT molecular complexity index is 466. The summed E-state index contributed by atoms with van der Waals surface area (Å²) < 4.78 is 4.81. The number of ether oxygens (including phenoxy) is 1. The number of nitrogens with one attached hydrogen (secondary N) is 1. The molecular formula is C15H21NO3. The predicted molar refractivity (Wildman–Crippen MR) is 75.7 cm³/mol. The second kappa shape index (κ2) is 6.38. The molecule has 0 spiro atoms. The summed E-state index contributed by atoms with van der Waals surface area (Å²) in [5.41, 5.74) is 2.42. The first kappa shape index (κ1) is 15.2. The molecule has 0 aliphatic rings. The van der Waals surface area contributed by atoms with Gasteiger partial charge in [-0.05, 0) is 38.0 Å². The van der Waals surface area contributed by atoms with Gasteiger partial charge in [0, 0.05) is 0 Å². The van der Waals surface area contributed by atoms with Crippen molar-refractivity contribution in [2.24, 2.45) is 0 Å². The zero-order valence-electron chi connectivity index (χ0n) is 11.7. The van der Waals surface area contributed by atoms with Crippen molar-refractivity contribution in [2.75, 3.05) is 13.2 Å². The van der Waals surface area contributed by atoms with E-state index in [0.717, 1.165) is 16.7 Å². The normalized spacial score (nSPS) is 10.9. The van der Waals surface area contributed by atoms with E-state index < -0.39 is 11.6 Å². The molecule has 0 aliphatic carbocycles. The van der Waals surface area contributed by atoms with Crippen molar-refractivity contribution in [3.05, 3.63) is 42.0 Å². The van der Waals surface area contributed by atoms with Crippen molar-refractivity contribution in [1.82, 2.24) is 5.32 Å². The summed E-state index contributed by atoms with van der Waals surface area (Å²) in [5, 5.41) is 11.4. The standard InChI is InChI=1S/C15H21NO3/c1-11(2)12-6-5-7-13(10-12)15(3,4)16-14(18)19-9-8-17/h5-7,10,17H,1,8-9H2,2-4H3,(H,16,18). The van der Waals surface area contributed by atoms with E-state index in [9.17, 15) is 4.79 Å². The summed E-state index contributed by atoms with van der Waals surface area (Å²) in [5.74, 6) is 0. The van der Waals surface area contributed by atoms with Crippen LogP contribution in [0.4, 0.5) is 4.79 Å². The van der Waals surface area contributed by atoms with Gasteiger partial charge in [0.2, 0.25) is 0 Å². The van der Waals surface area contributed by atoms with Crippen LogP contribution < -0.4 is 5.32 Å². The molecule has 0 saturated heterocycles. The van der Waals surface area contributed by atoms with Gasteiger partial charge in [-0.2, -0.15) is 0 Å². The Hall–Kier alpha value is -1.81. The smallest absolute Gasteiger partial charge is 0.407 e. The highest BCUT2D eigenvalue weighted by Crippen LogP contribution is 2.23. The minimum absolute atomic E-state index is 0.00623. The molecule has 4 heteroatoms. The molecule has 0 heterocycles. The van der Waals surface area contributed by atoms with Crippen LogP contribution in [-0.2, 0) is 10.3 Å². The van der Waals surface area contributed by atoms with E-state index in [1.807, 2.05) is 45.0 Å². The molecule has 0 saturated carbocycles. The number of hydrogen-bond donors (Lipinski definition) is 2. The Morgan fingerprint density at radius 3 is 2.74 bits per heavy atom. The fraction of sp³-hybridized carbons (Fsp3) is 0.400. The number of aliphatic hydroxyl groups excluding tert-OH is 1. The number of rotatable bonds is 5.